The van der Waals surface area contributed by atoms with Crippen molar-refractivity contribution >= 4 is 5.91 Å². The first-order valence-corrected chi connectivity index (χ1v) is 6.38. The fourth-order valence-corrected chi connectivity index (χ4v) is 2.02. The molecule has 100 valence electrons. The van der Waals surface area contributed by atoms with Crippen LogP contribution in [0.1, 0.15) is 33.1 Å². The minimum absolute atomic E-state index is 0.351. The van der Waals surface area contributed by atoms with E-state index in [1.165, 1.54) is 0 Å². The van der Waals surface area contributed by atoms with Crippen molar-refractivity contribution in [3.8, 4) is 0 Å². The molecule has 17 heavy (non-hydrogen) atoms. The quantitative estimate of drug-likeness (QED) is 0.692. The van der Waals surface area contributed by atoms with E-state index < -0.39 is 11.4 Å². The van der Waals surface area contributed by atoms with E-state index in [0.29, 0.717) is 12.5 Å². The molecule has 1 aliphatic rings. The summed E-state index contributed by atoms with van der Waals surface area (Å²) in [6.45, 7) is 7.54. The van der Waals surface area contributed by atoms with Gasteiger partial charge in [0.2, 0.25) is 5.91 Å². The van der Waals surface area contributed by atoms with Gasteiger partial charge in [-0.3, -0.25) is 9.69 Å². The van der Waals surface area contributed by atoms with E-state index in [2.05, 4.69) is 11.8 Å². The van der Waals surface area contributed by atoms with Crippen LogP contribution >= 0.6 is 0 Å². The fraction of sp³-hybridized carbons (Fsp3) is 0.917. The van der Waals surface area contributed by atoms with Crippen molar-refractivity contribution in [2.75, 3.05) is 26.2 Å². The van der Waals surface area contributed by atoms with Gasteiger partial charge in [-0.15, -0.1) is 0 Å². The number of carbonyl (C=O) groups excluding carboxylic acids is 1. The first-order chi connectivity index (χ1) is 7.95. The summed E-state index contributed by atoms with van der Waals surface area (Å²) >= 11 is 0. The minimum Gasteiger partial charge on any atom is -0.376 e. The second-order valence-electron chi connectivity index (χ2n) is 5.09. The van der Waals surface area contributed by atoms with Crippen molar-refractivity contribution in [1.82, 2.24) is 4.90 Å². The lowest BCUT2D eigenvalue weighted by molar-refractivity contribution is -0.122. The van der Waals surface area contributed by atoms with Crippen molar-refractivity contribution in [2.24, 2.45) is 11.5 Å². The number of primary amides is 1. The molecule has 0 aliphatic carbocycles. The third kappa shape index (κ3) is 4.61. The molecule has 0 bridgehead atoms. The van der Waals surface area contributed by atoms with E-state index in [1.54, 1.807) is 6.92 Å². The highest BCUT2D eigenvalue weighted by atomic mass is 16.5. The molecular weight excluding hydrogens is 218 g/mol. The van der Waals surface area contributed by atoms with Crippen LogP contribution in [0, 0.1) is 0 Å². The van der Waals surface area contributed by atoms with Crippen LogP contribution in [0.2, 0.25) is 0 Å². The van der Waals surface area contributed by atoms with Gasteiger partial charge in [-0.05, 0) is 32.7 Å². The van der Waals surface area contributed by atoms with E-state index in [-0.39, 0.29) is 0 Å². The topological polar surface area (TPSA) is 81.6 Å². The van der Waals surface area contributed by atoms with Gasteiger partial charge in [-0.2, -0.15) is 0 Å². The molecule has 1 aliphatic heterocycles. The van der Waals surface area contributed by atoms with Gasteiger partial charge in [-0.1, -0.05) is 6.92 Å². The Hall–Kier alpha value is -0.650. The molecule has 1 saturated heterocycles. The molecular formula is C12H25N3O2. The van der Waals surface area contributed by atoms with Crippen LogP contribution in [0.5, 0.6) is 0 Å². The second-order valence-corrected chi connectivity index (χ2v) is 5.09. The van der Waals surface area contributed by atoms with Gasteiger partial charge >= 0.3 is 0 Å². The summed E-state index contributed by atoms with van der Waals surface area (Å²) in [6, 6.07) is 0. The number of ether oxygens (including phenoxy) is 1. The van der Waals surface area contributed by atoms with Gasteiger partial charge in [0.1, 0.15) is 0 Å². The average Bonchev–Trinajstić information content (AvgIpc) is 2.29. The van der Waals surface area contributed by atoms with Crippen LogP contribution in [0.3, 0.4) is 0 Å². The maximum Gasteiger partial charge on any atom is 0.237 e. The number of nitrogens with zero attached hydrogens (tertiary/aromatic N) is 1. The Morgan fingerprint density at radius 2 is 2.29 bits per heavy atom. The maximum atomic E-state index is 11.1. The zero-order valence-electron chi connectivity index (χ0n) is 10.9. The number of carbonyl (C=O) groups is 1. The monoisotopic (exact) mass is 243 g/mol. The molecule has 5 heteroatoms. The van der Waals surface area contributed by atoms with Crippen LogP contribution < -0.4 is 11.5 Å². The zero-order chi connectivity index (χ0) is 12.9. The standard InChI is InChI=1S/C12H25N3O2/c1-3-10-9-15(7-8-17-10)6-4-5-12(2,14)11(13)16/h10H,3-9,14H2,1-2H3,(H2,13,16). The maximum absolute atomic E-state index is 11.1. The van der Waals surface area contributed by atoms with Crippen LogP contribution in [0.15, 0.2) is 0 Å². The summed E-state index contributed by atoms with van der Waals surface area (Å²) in [5, 5.41) is 0. The van der Waals surface area contributed by atoms with Crippen molar-refractivity contribution in [3.63, 3.8) is 0 Å². The van der Waals surface area contributed by atoms with Crippen LogP contribution in [-0.2, 0) is 9.53 Å². The molecule has 0 aromatic heterocycles. The minimum atomic E-state index is -0.879. The molecule has 1 rings (SSSR count). The lowest BCUT2D eigenvalue weighted by Gasteiger charge is -2.33. The molecule has 5 nitrogen and oxygen atoms in total. The molecule has 2 unspecified atom stereocenters. The predicted molar refractivity (Wildman–Crippen MR) is 67.5 cm³/mol. The van der Waals surface area contributed by atoms with E-state index >= 15 is 0 Å². The van der Waals surface area contributed by atoms with Crippen LogP contribution in [0.4, 0.5) is 0 Å². The smallest absolute Gasteiger partial charge is 0.237 e. The van der Waals surface area contributed by atoms with Gasteiger partial charge in [0.05, 0.1) is 18.2 Å². The van der Waals surface area contributed by atoms with E-state index in [1.807, 2.05) is 0 Å². The average molecular weight is 243 g/mol. The summed E-state index contributed by atoms with van der Waals surface area (Å²) in [5.41, 5.74) is 10.2. The largest absolute Gasteiger partial charge is 0.376 e. The number of hydrogen-bond donors (Lipinski definition) is 2. The molecule has 2 atom stereocenters. The number of amides is 1. The third-order valence-corrected chi connectivity index (χ3v) is 3.41. The normalized spacial score (nSPS) is 25.5. The van der Waals surface area contributed by atoms with Gasteiger partial charge in [0, 0.05) is 13.1 Å². The van der Waals surface area contributed by atoms with Gasteiger partial charge < -0.3 is 16.2 Å². The van der Waals surface area contributed by atoms with E-state index in [4.69, 9.17) is 16.2 Å². The first-order valence-electron chi connectivity index (χ1n) is 6.38. The summed E-state index contributed by atoms with van der Waals surface area (Å²) in [4.78, 5) is 13.4. The van der Waals surface area contributed by atoms with Crippen molar-refractivity contribution in [1.29, 1.82) is 0 Å². The molecule has 0 spiro atoms. The first kappa shape index (κ1) is 14.4. The summed E-state index contributed by atoms with van der Waals surface area (Å²) in [5.74, 6) is -0.425. The highest BCUT2D eigenvalue weighted by Gasteiger charge is 2.25. The Labute approximate surface area is 103 Å². The van der Waals surface area contributed by atoms with Crippen molar-refractivity contribution in [2.45, 2.75) is 44.8 Å². The van der Waals surface area contributed by atoms with Crippen LogP contribution in [-0.4, -0.2) is 48.7 Å². The van der Waals surface area contributed by atoms with Gasteiger partial charge in [0.15, 0.2) is 0 Å². The Morgan fingerprint density at radius 3 is 2.88 bits per heavy atom. The highest BCUT2D eigenvalue weighted by Crippen LogP contribution is 2.12. The number of hydrogen-bond acceptors (Lipinski definition) is 4. The Balaban J connectivity index is 2.24. The summed E-state index contributed by atoms with van der Waals surface area (Å²) < 4.78 is 5.60. The molecule has 4 N–H and O–H groups in total. The molecule has 1 heterocycles. The number of nitrogens with two attached hydrogens (primary N) is 2. The molecule has 1 fully saturated rings. The SMILES string of the molecule is CCC1CN(CCCC(C)(N)C(N)=O)CCO1. The summed E-state index contributed by atoms with van der Waals surface area (Å²) in [7, 11) is 0. The Kier molecular flexibility index (Phi) is 5.36. The molecule has 0 radical (unpaired) electrons. The highest BCUT2D eigenvalue weighted by molar-refractivity contribution is 5.83. The molecule has 0 aromatic carbocycles. The van der Waals surface area contributed by atoms with Crippen LogP contribution in [0.25, 0.3) is 0 Å². The summed E-state index contributed by atoms with van der Waals surface area (Å²) in [6.07, 6.45) is 2.93. The molecule has 0 saturated carbocycles. The van der Waals surface area contributed by atoms with Gasteiger partial charge in [-0.25, -0.2) is 0 Å². The second kappa shape index (κ2) is 6.33. The molecule has 0 aromatic rings. The third-order valence-electron chi connectivity index (χ3n) is 3.41. The fourth-order valence-electron chi connectivity index (χ4n) is 2.02. The van der Waals surface area contributed by atoms with E-state index in [0.717, 1.165) is 39.1 Å². The Morgan fingerprint density at radius 1 is 1.59 bits per heavy atom. The van der Waals surface area contributed by atoms with Crippen molar-refractivity contribution in [3.05, 3.63) is 0 Å². The zero-order valence-corrected chi connectivity index (χ0v) is 10.9. The predicted octanol–water partition coefficient (Wildman–Crippen LogP) is 0.0801. The Bertz CT molecular complexity index is 256. The number of rotatable bonds is 6. The number of morpholine rings is 1. The van der Waals surface area contributed by atoms with E-state index in [9.17, 15) is 4.79 Å². The molecule has 1 amide bonds. The van der Waals surface area contributed by atoms with Crippen molar-refractivity contribution < 1.29 is 9.53 Å². The van der Waals surface area contributed by atoms with Gasteiger partial charge in [0.25, 0.3) is 0 Å². The lowest BCUT2D eigenvalue weighted by atomic mass is 9.96. The lowest BCUT2D eigenvalue weighted by Crippen LogP contribution is -2.50.